The van der Waals surface area contributed by atoms with Crippen molar-refractivity contribution in [1.29, 1.82) is 0 Å². The molecule has 0 bridgehead atoms. The molecule has 0 fully saturated rings. The van der Waals surface area contributed by atoms with E-state index in [1.54, 1.807) is 0 Å². The average molecular weight is 185 g/mol. The molecule has 0 aliphatic rings. The quantitative estimate of drug-likeness (QED) is 0.765. The van der Waals surface area contributed by atoms with E-state index in [1.165, 1.54) is 6.07 Å². The molecule has 0 atom stereocenters. The monoisotopic (exact) mass is 185 g/mol. The van der Waals surface area contributed by atoms with Crippen molar-refractivity contribution in [3.8, 4) is 0 Å². The highest BCUT2D eigenvalue weighted by Crippen LogP contribution is 2.05. The van der Waals surface area contributed by atoms with Gasteiger partial charge in [0.2, 0.25) is 5.76 Å². The lowest BCUT2D eigenvalue weighted by atomic mass is 10.4. The number of aromatic carboxylic acids is 1. The Bertz CT molecular complexity index is 292. The van der Waals surface area contributed by atoms with E-state index in [0.717, 1.165) is 0 Å². The number of hydrogen-bond donors (Lipinski definition) is 1. The van der Waals surface area contributed by atoms with Gasteiger partial charge in [-0.05, 0) is 13.8 Å². The van der Waals surface area contributed by atoms with Crippen LogP contribution in [0.15, 0.2) is 10.6 Å². The van der Waals surface area contributed by atoms with Crippen LogP contribution in [0.1, 0.15) is 30.1 Å². The van der Waals surface area contributed by atoms with Gasteiger partial charge < -0.3 is 14.4 Å². The van der Waals surface area contributed by atoms with Crippen molar-refractivity contribution in [2.75, 3.05) is 0 Å². The van der Waals surface area contributed by atoms with Gasteiger partial charge in [0.05, 0.1) is 12.7 Å². The van der Waals surface area contributed by atoms with Crippen LogP contribution in [0.4, 0.5) is 0 Å². The number of carboxylic acid groups (broad SMARTS) is 1. The molecule has 0 amide bonds. The van der Waals surface area contributed by atoms with Gasteiger partial charge in [0.1, 0.15) is 5.69 Å². The molecule has 1 aromatic heterocycles. The maximum absolute atomic E-state index is 10.4. The second-order valence-corrected chi connectivity index (χ2v) is 2.85. The van der Waals surface area contributed by atoms with Gasteiger partial charge in [-0.25, -0.2) is 4.79 Å². The summed E-state index contributed by atoms with van der Waals surface area (Å²) in [6.45, 7) is 4.05. The molecule has 5 nitrogen and oxygen atoms in total. The average Bonchev–Trinajstić information content (AvgIpc) is 2.48. The molecule has 1 aromatic rings. The fourth-order valence-corrected chi connectivity index (χ4v) is 0.733. The Morgan fingerprint density at radius 1 is 1.77 bits per heavy atom. The maximum atomic E-state index is 10.4. The van der Waals surface area contributed by atoms with Crippen LogP contribution in [-0.4, -0.2) is 22.3 Å². The molecule has 5 heteroatoms. The maximum Gasteiger partial charge on any atom is 0.374 e. The number of ether oxygens (including phenoxy) is 1. The Morgan fingerprint density at radius 2 is 2.46 bits per heavy atom. The summed E-state index contributed by atoms with van der Waals surface area (Å²) < 4.78 is 9.73. The van der Waals surface area contributed by atoms with Crippen LogP contribution >= 0.6 is 0 Å². The first-order chi connectivity index (χ1) is 6.09. The smallest absolute Gasteiger partial charge is 0.374 e. The van der Waals surface area contributed by atoms with Crippen molar-refractivity contribution >= 4 is 5.97 Å². The molecule has 0 radical (unpaired) electrons. The highest BCUT2D eigenvalue weighted by molar-refractivity contribution is 5.84. The molecule has 1 heterocycles. The first-order valence-electron chi connectivity index (χ1n) is 3.90. The summed E-state index contributed by atoms with van der Waals surface area (Å²) in [6.07, 6.45) is 0.0879. The van der Waals surface area contributed by atoms with Crippen molar-refractivity contribution in [2.45, 2.75) is 26.6 Å². The predicted molar refractivity (Wildman–Crippen MR) is 43.4 cm³/mol. The van der Waals surface area contributed by atoms with Gasteiger partial charge in [-0.1, -0.05) is 5.16 Å². The van der Waals surface area contributed by atoms with Crippen LogP contribution in [0.25, 0.3) is 0 Å². The summed E-state index contributed by atoms with van der Waals surface area (Å²) in [5.41, 5.74) is 0.492. The van der Waals surface area contributed by atoms with E-state index in [-0.39, 0.29) is 18.5 Å². The van der Waals surface area contributed by atoms with E-state index in [9.17, 15) is 4.79 Å². The van der Waals surface area contributed by atoms with Gasteiger partial charge in [-0.2, -0.15) is 0 Å². The van der Waals surface area contributed by atoms with Crippen LogP contribution in [0.3, 0.4) is 0 Å². The van der Waals surface area contributed by atoms with E-state index in [4.69, 9.17) is 9.84 Å². The number of carbonyl (C=O) groups is 1. The molecule has 0 saturated carbocycles. The number of hydrogen-bond acceptors (Lipinski definition) is 4. The zero-order chi connectivity index (χ0) is 9.84. The lowest BCUT2D eigenvalue weighted by Crippen LogP contribution is -2.02. The van der Waals surface area contributed by atoms with Gasteiger partial charge in [0.25, 0.3) is 0 Å². The molecule has 0 aliphatic heterocycles. The zero-order valence-corrected chi connectivity index (χ0v) is 7.48. The fourth-order valence-electron chi connectivity index (χ4n) is 0.733. The van der Waals surface area contributed by atoms with Gasteiger partial charge in [0.15, 0.2) is 0 Å². The van der Waals surface area contributed by atoms with Gasteiger partial charge in [-0.15, -0.1) is 0 Å². The summed E-state index contributed by atoms with van der Waals surface area (Å²) >= 11 is 0. The minimum atomic E-state index is -1.12. The lowest BCUT2D eigenvalue weighted by molar-refractivity contribution is 0.0608. The first-order valence-corrected chi connectivity index (χ1v) is 3.90. The van der Waals surface area contributed by atoms with E-state index in [0.29, 0.717) is 5.69 Å². The van der Waals surface area contributed by atoms with Crippen LogP contribution in [-0.2, 0) is 11.3 Å². The molecular weight excluding hydrogens is 174 g/mol. The van der Waals surface area contributed by atoms with Crippen LogP contribution in [0.2, 0.25) is 0 Å². The Morgan fingerprint density at radius 3 is 2.92 bits per heavy atom. The SMILES string of the molecule is CC(C)OCc1cc(C(=O)O)on1. The fraction of sp³-hybridized carbons (Fsp3) is 0.500. The second kappa shape index (κ2) is 4.04. The zero-order valence-electron chi connectivity index (χ0n) is 7.48. The summed E-state index contributed by atoms with van der Waals surface area (Å²) in [7, 11) is 0. The number of aromatic nitrogens is 1. The standard InChI is InChI=1S/C8H11NO4/c1-5(2)12-4-6-3-7(8(10)11)13-9-6/h3,5H,4H2,1-2H3,(H,10,11). The van der Waals surface area contributed by atoms with Crippen molar-refractivity contribution in [3.05, 3.63) is 17.5 Å². The molecule has 0 saturated heterocycles. The third-order valence-electron chi connectivity index (χ3n) is 1.33. The van der Waals surface area contributed by atoms with Crippen molar-refractivity contribution in [2.24, 2.45) is 0 Å². The lowest BCUT2D eigenvalue weighted by Gasteiger charge is -2.03. The molecule has 72 valence electrons. The van der Waals surface area contributed by atoms with E-state index in [1.807, 2.05) is 13.8 Å². The van der Waals surface area contributed by atoms with Crippen LogP contribution in [0.5, 0.6) is 0 Å². The van der Waals surface area contributed by atoms with E-state index >= 15 is 0 Å². The van der Waals surface area contributed by atoms with Crippen molar-refractivity contribution in [3.63, 3.8) is 0 Å². The Hall–Kier alpha value is -1.36. The summed E-state index contributed by atoms with van der Waals surface area (Å²) in [6, 6.07) is 1.35. The summed E-state index contributed by atoms with van der Waals surface area (Å²) in [5.74, 6) is -1.29. The third kappa shape index (κ3) is 2.87. The Kier molecular flexibility index (Phi) is 3.02. The third-order valence-corrected chi connectivity index (χ3v) is 1.33. The normalized spacial score (nSPS) is 10.7. The Balaban J connectivity index is 2.54. The highest BCUT2D eigenvalue weighted by Gasteiger charge is 2.10. The van der Waals surface area contributed by atoms with Gasteiger partial charge in [-0.3, -0.25) is 0 Å². The highest BCUT2D eigenvalue weighted by atomic mass is 16.5. The summed E-state index contributed by atoms with van der Waals surface area (Å²) in [5, 5.41) is 12.0. The molecular formula is C8H11NO4. The largest absolute Gasteiger partial charge is 0.475 e. The number of rotatable bonds is 4. The van der Waals surface area contributed by atoms with Crippen LogP contribution < -0.4 is 0 Å². The molecule has 0 aliphatic carbocycles. The first kappa shape index (κ1) is 9.73. The van der Waals surface area contributed by atoms with Crippen molar-refractivity contribution in [1.82, 2.24) is 5.16 Å². The number of carboxylic acids is 1. The number of nitrogens with zero attached hydrogens (tertiary/aromatic N) is 1. The molecule has 1 rings (SSSR count). The minimum Gasteiger partial charge on any atom is -0.475 e. The van der Waals surface area contributed by atoms with Crippen LogP contribution in [0, 0.1) is 0 Å². The van der Waals surface area contributed by atoms with E-state index in [2.05, 4.69) is 9.68 Å². The second-order valence-electron chi connectivity index (χ2n) is 2.85. The van der Waals surface area contributed by atoms with Crippen molar-refractivity contribution < 1.29 is 19.2 Å². The van der Waals surface area contributed by atoms with Gasteiger partial charge in [0, 0.05) is 6.07 Å². The molecule has 0 spiro atoms. The summed E-state index contributed by atoms with van der Waals surface area (Å²) in [4.78, 5) is 10.4. The molecule has 0 unspecified atom stereocenters. The predicted octanol–water partition coefficient (Wildman–Crippen LogP) is 1.30. The van der Waals surface area contributed by atoms with E-state index < -0.39 is 5.97 Å². The Labute approximate surface area is 75.3 Å². The minimum absolute atomic E-state index is 0.0879. The molecule has 1 N–H and O–H groups in total. The topological polar surface area (TPSA) is 72.6 Å². The molecule has 0 aromatic carbocycles. The molecule has 13 heavy (non-hydrogen) atoms. The van der Waals surface area contributed by atoms with Gasteiger partial charge >= 0.3 is 5.97 Å².